The molecule has 6 heteroatoms. The van der Waals surface area contributed by atoms with Gasteiger partial charge in [-0.3, -0.25) is 4.68 Å². The van der Waals surface area contributed by atoms with E-state index < -0.39 is 15.6 Å². The van der Waals surface area contributed by atoms with E-state index in [2.05, 4.69) is 9.82 Å². The summed E-state index contributed by atoms with van der Waals surface area (Å²) in [5.74, 6) is 0. The highest BCUT2D eigenvalue weighted by Gasteiger charge is 2.23. The van der Waals surface area contributed by atoms with Crippen LogP contribution in [0.25, 0.3) is 0 Å². The summed E-state index contributed by atoms with van der Waals surface area (Å²) in [6.07, 6.45) is 1.59. The summed E-state index contributed by atoms with van der Waals surface area (Å²) >= 11 is 0. The van der Waals surface area contributed by atoms with E-state index in [0.29, 0.717) is 0 Å². The SMILES string of the molecule is Cn1ccc(S(=O)(=O)NC(C)(C)C)n1. The topological polar surface area (TPSA) is 64.0 Å². The van der Waals surface area contributed by atoms with Crippen molar-refractivity contribution in [1.29, 1.82) is 0 Å². The molecule has 14 heavy (non-hydrogen) atoms. The summed E-state index contributed by atoms with van der Waals surface area (Å²) in [6, 6.07) is 1.47. The minimum absolute atomic E-state index is 0.0509. The lowest BCUT2D eigenvalue weighted by Gasteiger charge is -2.19. The molecule has 0 fully saturated rings. The lowest BCUT2D eigenvalue weighted by atomic mass is 10.1. The van der Waals surface area contributed by atoms with Gasteiger partial charge in [0.1, 0.15) is 0 Å². The fraction of sp³-hybridized carbons (Fsp3) is 0.625. The van der Waals surface area contributed by atoms with Gasteiger partial charge in [0.25, 0.3) is 10.0 Å². The highest BCUT2D eigenvalue weighted by Crippen LogP contribution is 2.09. The average Bonchev–Trinajstić information content (AvgIpc) is 2.29. The van der Waals surface area contributed by atoms with Crippen LogP contribution < -0.4 is 4.72 Å². The molecule has 1 aromatic heterocycles. The van der Waals surface area contributed by atoms with Crippen LogP contribution in [-0.2, 0) is 17.1 Å². The minimum atomic E-state index is -3.48. The van der Waals surface area contributed by atoms with Crippen molar-refractivity contribution in [3.63, 3.8) is 0 Å². The molecule has 0 aliphatic rings. The second-order valence-corrected chi connectivity index (χ2v) is 5.81. The molecule has 1 aromatic rings. The van der Waals surface area contributed by atoms with Crippen LogP contribution in [0.5, 0.6) is 0 Å². The summed E-state index contributed by atoms with van der Waals surface area (Å²) in [5.41, 5.74) is -0.490. The molecule has 0 radical (unpaired) electrons. The van der Waals surface area contributed by atoms with Crippen molar-refractivity contribution in [2.45, 2.75) is 31.3 Å². The van der Waals surface area contributed by atoms with E-state index in [-0.39, 0.29) is 5.03 Å². The molecule has 0 bridgehead atoms. The molecule has 1 rings (SSSR count). The van der Waals surface area contributed by atoms with Gasteiger partial charge in [0.2, 0.25) is 0 Å². The van der Waals surface area contributed by atoms with Crippen LogP contribution in [0, 0.1) is 0 Å². The molecule has 0 aliphatic heterocycles. The van der Waals surface area contributed by atoms with Crippen molar-refractivity contribution in [3.8, 4) is 0 Å². The van der Waals surface area contributed by atoms with Gasteiger partial charge in [-0.15, -0.1) is 0 Å². The molecule has 80 valence electrons. The molecule has 0 saturated carbocycles. The predicted molar refractivity (Wildman–Crippen MR) is 53.3 cm³/mol. The largest absolute Gasteiger partial charge is 0.274 e. The lowest BCUT2D eigenvalue weighted by Crippen LogP contribution is -2.40. The van der Waals surface area contributed by atoms with Crippen molar-refractivity contribution in [1.82, 2.24) is 14.5 Å². The summed E-state index contributed by atoms with van der Waals surface area (Å²) in [6.45, 7) is 5.36. The van der Waals surface area contributed by atoms with E-state index in [0.717, 1.165) is 0 Å². The van der Waals surface area contributed by atoms with Crippen LogP contribution in [0.1, 0.15) is 20.8 Å². The highest BCUT2D eigenvalue weighted by atomic mass is 32.2. The highest BCUT2D eigenvalue weighted by molar-refractivity contribution is 7.89. The molecule has 0 aromatic carbocycles. The second-order valence-electron chi connectivity index (χ2n) is 4.18. The van der Waals surface area contributed by atoms with E-state index in [1.54, 1.807) is 34.0 Å². The van der Waals surface area contributed by atoms with Crippen molar-refractivity contribution in [3.05, 3.63) is 12.3 Å². The summed E-state index contributed by atoms with van der Waals surface area (Å²) in [7, 11) is -1.80. The van der Waals surface area contributed by atoms with Crippen molar-refractivity contribution in [2.75, 3.05) is 0 Å². The predicted octanol–water partition coefficient (Wildman–Crippen LogP) is 0.497. The van der Waals surface area contributed by atoms with Gasteiger partial charge in [-0.25, -0.2) is 13.1 Å². The zero-order valence-corrected chi connectivity index (χ0v) is 9.59. The number of rotatable bonds is 2. The van der Waals surface area contributed by atoms with Gasteiger partial charge >= 0.3 is 0 Å². The summed E-state index contributed by atoms with van der Waals surface area (Å²) in [4.78, 5) is 0. The standard InChI is InChI=1S/C8H15N3O2S/c1-8(2,3)10-14(12,13)7-5-6-11(4)9-7/h5-6,10H,1-4H3. The quantitative estimate of drug-likeness (QED) is 0.784. The van der Waals surface area contributed by atoms with Gasteiger partial charge in [0.05, 0.1) is 0 Å². The Labute approximate surface area is 84.2 Å². The first-order valence-corrected chi connectivity index (χ1v) is 5.73. The van der Waals surface area contributed by atoms with Crippen LogP contribution >= 0.6 is 0 Å². The average molecular weight is 217 g/mol. The molecular weight excluding hydrogens is 202 g/mol. The molecule has 0 saturated heterocycles. The molecule has 5 nitrogen and oxygen atoms in total. The smallest absolute Gasteiger partial charge is 0.260 e. The number of aromatic nitrogens is 2. The Balaban J connectivity index is 2.98. The number of hydrogen-bond acceptors (Lipinski definition) is 3. The van der Waals surface area contributed by atoms with Crippen molar-refractivity contribution in [2.24, 2.45) is 7.05 Å². The molecule has 1 heterocycles. The molecule has 1 N–H and O–H groups in total. The monoisotopic (exact) mass is 217 g/mol. The van der Waals surface area contributed by atoms with Crippen LogP contribution in [0.2, 0.25) is 0 Å². The Kier molecular flexibility index (Phi) is 2.69. The van der Waals surface area contributed by atoms with E-state index >= 15 is 0 Å². The first-order valence-electron chi connectivity index (χ1n) is 4.24. The number of hydrogen-bond donors (Lipinski definition) is 1. The fourth-order valence-corrected chi connectivity index (χ4v) is 2.38. The third-order valence-electron chi connectivity index (χ3n) is 1.41. The molecule has 0 aliphatic carbocycles. The number of sulfonamides is 1. The fourth-order valence-electron chi connectivity index (χ4n) is 0.992. The maximum atomic E-state index is 11.7. The van der Waals surface area contributed by atoms with Crippen LogP contribution in [0.4, 0.5) is 0 Å². The summed E-state index contributed by atoms with van der Waals surface area (Å²) < 4.78 is 27.3. The zero-order chi connectivity index (χ0) is 11.0. The van der Waals surface area contributed by atoms with Crippen LogP contribution in [-0.4, -0.2) is 23.7 Å². The first kappa shape index (κ1) is 11.2. The lowest BCUT2D eigenvalue weighted by molar-refractivity contribution is 0.488. The molecule has 0 spiro atoms. The molecule has 0 amide bonds. The van der Waals surface area contributed by atoms with Crippen LogP contribution in [0.15, 0.2) is 17.3 Å². The minimum Gasteiger partial charge on any atom is -0.274 e. The maximum Gasteiger partial charge on any atom is 0.260 e. The van der Waals surface area contributed by atoms with Gasteiger partial charge in [0, 0.05) is 18.8 Å². The van der Waals surface area contributed by atoms with E-state index in [1.807, 2.05) is 0 Å². The normalized spacial score (nSPS) is 13.1. The number of nitrogens with one attached hydrogen (secondary N) is 1. The van der Waals surface area contributed by atoms with Crippen molar-refractivity contribution >= 4 is 10.0 Å². The second kappa shape index (κ2) is 3.36. The zero-order valence-electron chi connectivity index (χ0n) is 8.77. The Morgan fingerprint density at radius 1 is 1.43 bits per heavy atom. The van der Waals surface area contributed by atoms with Crippen molar-refractivity contribution < 1.29 is 8.42 Å². The Bertz CT molecular complexity index is 414. The molecule has 0 unspecified atom stereocenters. The Morgan fingerprint density at radius 2 is 2.00 bits per heavy atom. The maximum absolute atomic E-state index is 11.7. The number of aryl methyl sites for hydroxylation is 1. The number of nitrogens with zero attached hydrogens (tertiary/aromatic N) is 2. The van der Waals surface area contributed by atoms with E-state index in [1.165, 1.54) is 10.7 Å². The summed E-state index contributed by atoms with van der Waals surface area (Å²) in [5, 5.41) is 3.88. The Hall–Kier alpha value is -0.880. The van der Waals surface area contributed by atoms with E-state index in [4.69, 9.17) is 0 Å². The van der Waals surface area contributed by atoms with Gasteiger partial charge in [-0.1, -0.05) is 0 Å². The van der Waals surface area contributed by atoms with Gasteiger partial charge in [-0.05, 0) is 26.8 Å². The molecular formula is C8H15N3O2S. The third kappa shape index (κ3) is 2.81. The first-order chi connectivity index (χ1) is 6.21. The van der Waals surface area contributed by atoms with Gasteiger partial charge in [0.15, 0.2) is 5.03 Å². The third-order valence-corrected chi connectivity index (χ3v) is 3.05. The Morgan fingerprint density at radius 3 is 2.36 bits per heavy atom. The molecule has 0 atom stereocenters. The van der Waals surface area contributed by atoms with Crippen LogP contribution in [0.3, 0.4) is 0 Å². The van der Waals surface area contributed by atoms with Gasteiger partial charge in [-0.2, -0.15) is 5.10 Å². The van der Waals surface area contributed by atoms with Gasteiger partial charge < -0.3 is 0 Å². The van der Waals surface area contributed by atoms with E-state index in [9.17, 15) is 8.42 Å².